The predicted octanol–water partition coefficient (Wildman–Crippen LogP) is 2.91. The van der Waals surface area contributed by atoms with Crippen LogP contribution in [0, 0.1) is 5.82 Å². The number of halogens is 2. The minimum atomic E-state index is -0.595. The zero-order valence-electron chi connectivity index (χ0n) is 5.77. The number of benzene rings is 1. The van der Waals surface area contributed by atoms with Crippen LogP contribution in [0.5, 0.6) is 5.75 Å². The Morgan fingerprint density at radius 3 is 2.73 bits per heavy atom. The number of phenolic OH excluding ortho intramolecular Hbond substituents is 1. The van der Waals surface area contributed by atoms with Crippen molar-refractivity contribution in [1.82, 2.24) is 0 Å². The van der Waals surface area contributed by atoms with E-state index in [0.717, 1.165) is 6.07 Å². The fraction of sp³-hybridized carbons (Fsp3) is 0.143. The van der Waals surface area contributed by atoms with Crippen LogP contribution in [0.2, 0.25) is 5.02 Å². The fourth-order valence-electron chi connectivity index (χ4n) is 0.682. The maximum atomic E-state index is 12.6. The van der Waals surface area contributed by atoms with Crippen molar-refractivity contribution in [3.63, 3.8) is 0 Å². The highest BCUT2D eigenvalue weighted by atomic mass is 35.5. The Kier molecular flexibility index (Phi) is 2.62. The van der Waals surface area contributed by atoms with Crippen molar-refractivity contribution in [1.29, 1.82) is 0 Å². The van der Waals surface area contributed by atoms with Crippen LogP contribution in [0.15, 0.2) is 17.0 Å². The Hall–Kier alpha value is -0.410. The van der Waals surface area contributed by atoms with Gasteiger partial charge in [-0.05, 0) is 12.3 Å². The third kappa shape index (κ3) is 1.79. The molecule has 1 N–H and O–H groups in total. The van der Waals surface area contributed by atoms with Crippen molar-refractivity contribution < 1.29 is 9.50 Å². The van der Waals surface area contributed by atoms with Gasteiger partial charge in [0.05, 0.1) is 9.92 Å². The van der Waals surface area contributed by atoms with Gasteiger partial charge in [-0.25, -0.2) is 4.39 Å². The molecule has 4 heteroatoms. The van der Waals surface area contributed by atoms with Gasteiger partial charge in [-0.2, -0.15) is 0 Å². The predicted molar refractivity (Wildman–Crippen MR) is 44.9 cm³/mol. The van der Waals surface area contributed by atoms with Gasteiger partial charge < -0.3 is 5.11 Å². The third-order valence-electron chi connectivity index (χ3n) is 1.22. The summed E-state index contributed by atoms with van der Waals surface area (Å²) in [7, 11) is 0. The first-order chi connectivity index (χ1) is 5.15. The topological polar surface area (TPSA) is 20.2 Å². The molecule has 0 radical (unpaired) electrons. The SMILES string of the molecule is CSc1cc(Cl)c(F)cc1O. The molecule has 1 aromatic carbocycles. The molecule has 1 rings (SSSR count). The van der Waals surface area contributed by atoms with Crippen molar-refractivity contribution >= 4 is 23.4 Å². The molecule has 0 aliphatic rings. The molecule has 0 aromatic heterocycles. The van der Waals surface area contributed by atoms with Gasteiger partial charge in [-0.3, -0.25) is 0 Å². The van der Waals surface area contributed by atoms with Gasteiger partial charge in [-0.1, -0.05) is 11.6 Å². The number of hydrogen-bond acceptors (Lipinski definition) is 2. The van der Waals surface area contributed by atoms with Gasteiger partial charge in [-0.15, -0.1) is 11.8 Å². The molecule has 0 heterocycles. The lowest BCUT2D eigenvalue weighted by molar-refractivity contribution is 0.456. The first-order valence-electron chi connectivity index (χ1n) is 2.87. The minimum absolute atomic E-state index is 0.0344. The Balaban J connectivity index is 3.21. The summed E-state index contributed by atoms with van der Waals surface area (Å²) in [4.78, 5) is 0.580. The molecule has 60 valence electrons. The van der Waals surface area contributed by atoms with E-state index in [4.69, 9.17) is 16.7 Å². The Labute approximate surface area is 73.2 Å². The summed E-state index contributed by atoms with van der Waals surface area (Å²) >= 11 is 6.78. The summed E-state index contributed by atoms with van der Waals surface area (Å²) in [6.45, 7) is 0. The zero-order chi connectivity index (χ0) is 8.43. The lowest BCUT2D eigenvalue weighted by atomic mass is 10.3. The molecule has 1 nitrogen and oxygen atoms in total. The average Bonchev–Trinajstić information content (AvgIpc) is 1.97. The van der Waals surface area contributed by atoms with E-state index < -0.39 is 5.82 Å². The summed E-state index contributed by atoms with van der Waals surface area (Å²) in [5, 5.41) is 9.13. The first-order valence-corrected chi connectivity index (χ1v) is 4.47. The quantitative estimate of drug-likeness (QED) is 0.691. The monoisotopic (exact) mass is 192 g/mol. The van der Waals surface area contributed by atoms with E-state index in [9.17, 15) is 4.39 Å². The lowest BCUT2D eigenvalue weighted by Crippen LogP contribution is -1.79. The summed E-state index contributed by atoms with van der Waals surface area (Å²) in [5.41, 5.74) is 0. The largest absolute Gasteiger partial charge is 0.507 e. The highest BCUT2D eigenvalue weighted by Gasteiger charge is 2.05. The van der Waals surface area contributed by atoms with Crippen LogP contribution in [0.1, 0.15) is 0 Å². The molecule has 0 saturated heterocycles. The number of rotatable bonds is 1. The molecular weight excluding hydrogens is 187 g/mol. The van der Waals surface area contributed by atoms with Crippen molar-refractivity contribution in [3.05, 3.63) is 23.0 Å². The van der Waals surface area contributed by atoms with E-state index in [1.807, 2.05) is 0 Å². The summed E-state index contributed by atoms with van der Waals surface area (Å²) in [5.74, 6) is -0.665. The molecule has 0 atom stereocenters. The van der Waals surface area contributed by atoms with E-state index in [2.05, 4.69) is 0 Å². The fourth-order valence-corrected chi connectivity index (χ4v) is 1.41. The summed E-state index contributed by atoms with van der Waals surface area (Å²) in [6.07, 6.45) is 1.78. The Bertz CT molecular complexity index is 277. The molecule has 0 bridgehead atoms. The van der Waals surface area contributed by atoms with Crippen LogP contribution in [0.4, 0.5) is 4.39 Å². The molecule has 1 aromatic rings. The molecule has 0 saturated carbocycles. The van der Waals surface area contributed by atoms with Crippen LogP contribution < -0.4 is 0 Å². The normalized spacial score (nSPS) is 10.1. The van der Waals surface area contributed by atoms with Crippen molar-refractivity contribution in [3.8, 4) is 5.75 Å². The van der Waals surface area contributed by atoms with Crippen LogP contribution in [-0.4, -0.2) is 11.4 Å². The van der Waals surface area contributed by atoms with Gasteiger partial charge in [0.2, 0.25) is 0 Å². The van der Waals surface area contributed by atoms with Crippen molar-refractivity contribution in [2.24, 2.45) is 0 Å². The molecule has 0 aliphatic heterocycles. The second-order valence-electron chi connectivity index (χ2n) is 1.94. The summed E-state index contributed by atoms with van der Waals surface area (Å²) < 4.78 is 12.6. The van der Waals surface area contributed by atoms with Gasteiger partial charge >= 0.3 is 0 Å². The van der Waals surface area contributed by atoms with Crippen LogP contribution in [0.3, 0.4) is 0 Å². The maximum absolute atomic E-state index is 12.6. The van der Waals surface area contributed by atoms with Crippen LogP contribution >= 0.6 is 23.4 Å². The van der Waals surface area contributed by atoms with Crippen LogP contribution in [0.25, 0.3) is 0 Å². The van der Waals surface area contributed by atoms with Crippen molar-refractivity contribution in [2.75, 3.05) is 6.26 Å². The summed E-state index contributed by atoms with van der Waals surface area (Å²) in [6, 6.07) is 2.41. The molecule has 0 amide bonds. The lowest BCUT2D eigenvalue weighted by Gasteiger charge is -2.01. The van der Waals surface area contributed by atoms with Crippen molar-refractivity contribution in [2.45, 2.75) is 4.90 Å². The molecule has 0 unspecified atom stereocenters. The molecule has 0 aliphatic carbocycles. The van der Waals surface area contributed by atoms with Gasteiger partial charge in [0.15, 0.2) is 0 Å². The number of hydrogen-bond donors (Lipinski definition) is 1. The highest BCUT2D eigenvalue weighted by molar-refractivity contribution is 7.98. The van der Waals surface area contributed by atoms with E-state index in [-0.39, 0.29) is 10.8 Å². The zero-order valence-corrected chi connectivity index (χ0v) is 7.34. The number of thioether (sulfide) groups is 1. The molecular formula is C7H6ClFOS. The van der Waals surface area contributed by atoms with E-state index in [1.54, 1.807) is 6.26 Å². The first kappa shape index (κ1) is 8.68. The Morgan fingerprint density at radius 2 is 2.18 bits per heavy atom. The third-order valence-corrected chi connectivity index (χ3v) is 2.28. The van der Waals surface area contributed by atoms with Gasteiger partial charge in [0.1, 0.15) is 11.6 Å². The molecule has 11 heavy (non-hydrogen) atoms. The standard InChI is InChI=1S/C7H6ClFOS/c1-11-7-2-4(8)5(9)3-6(7)10/h2-3,10H,1H3. The average molecular weight is 193 g/mol. The minimum Gasteiger partial charge on any atom is -0.507 e. The van der Waals surface area contributed by atoms with Gasteiger partial charge in [0.25, 0.3) is 0 Å². The maximum Gasteiger partial charge on any atom is 0.145 e. The number of aromatic hydroxyl groups is 1. The van der Waals surface area contributed by atoms with Gasteiger partial charge in [0, 0.05) is 6.07 Å². The number of phenols is 1. The Morgan fingerprint density at radius 1 is 1.55 bits per heavy atom. The van der Waals surface area contributed by atoms with Crippen LogP contribution in [-0.2, 0) is 0 Å². The van der Waals surface area contributed by atoms with E-state index >= 15 is 0 Å². The van der Waals surface area contributed by atoms with E-state index in [0.29, 0.717) is 4.90 Å². The molecule has 0 fully saturated rings. The second-order valence-corrected chi connectivity index (χ2v) is 3.19. The smallest absolute Gasteiger partial charge is 0.145 e. The second kappa shape index (κ2) is 3.32. The van der Waals surface area contributed by atoms with E-state index in [1.165, 1.54) is 17.8 Å². The molecule has 0 spiro atoms. The highest BCUT2D eigenvalue weighted by Crippen LogP contribution is 2.31.